The summed E-state index contributed by atoms with van der Waals surface area (Å²) < 4.78 is 6.02. The first-order valence-electron chi connectivity index (χ1n) is 8.72. The van der Waals surface area contributed by atoms with Crippen molar-refractivity contribution >= 4 is 39.1 Å². The molecule has 0 bridgehead atoms. The smallest absolute Gasteiger partial charge is 0.190 e. The first kappa shape index (κ1) is 16.6. The van der Waals surface area contributed by atoms with Crippen LogP contribution in [0.15, 0.2) is 5.16 Å². The molecule has 0 unspecified atom stereocenters. The standard InChI is InChI=1S/C18H25N3OS2/c1-11-5-7-21(8-6-11)15-14-12-9-18(2,3)22-10-13(12)24-16(14)20-17(19-15)23-4/h11H,5-10H2,1-4H3. The van der Waals surface area contributed by atoms with E-state index < -0.39 is 0 Å². The summed E-state index contributed by atoms with van der Waals surface area (Å²) in [5, 5.41) is 2.17. The van der Waals surface area contributed by atoms with E-state index in [1.165, 1.54) is 28.7 Å². The van der Waals surface area contributed by atoms with Gasteiger partial charge in [0.25, 0.3) is 0 Å². The third kappa shape index (κ3) is 2.93. The first-order chi connectivity index (χ1) is 11.5. The molecule has 130 valence electrons. The van der Waals surface area contributed by atoms with Crippen LogP contribution in [0.5, 0.6) is 0 Å². The van der Waals surface area contributed by atoms with Crippen LogP contribution < -0.4 is 4.90 Å². The molecule has 2 aliphatic rings. The maximum Gasteiger partial charge on any atom is 0.190 e. The second-order valence-electron chi connectivity index (χ2n) is 7.61. The van der Waals surface area contributed by atoms with Gasteiger partial charge in [0, 0.05) is 24.4 Å². The minimum Gasteiger partial charge on any atom is -0.370 e. The summed E-state index contributed by atoms with van der Waals surface area (Å²) in [4.78, 5) is 14.7. The minimum atomic E-state index is -0.104. The van der Waals surface area contributed by atoms with E-state index in [2.05, 4.69) is 31.9 Å². The normalized spacial score (nSPS) is 21.2. The Morgan fingerprint density at radius 1 is 1.25 bits per heavy atom. The van der Waals surface area contributed by atoms with Gasteiger partial charge in [0.05, 0.1) is 17.6 Å². The Labute approximate surface area is 152 Å². The number of piperidine rings is 1. The number of hydrogen-bond acceptors (Lipinski definition) is 6. The second kappa shape index (κ2) is 6.15. The molecule has 0 radical (unpaired) electrons. The maximum absolute atomic E-state index is 6.02. The Hall–Kier alpha value is -0.850. The number of ether oxygens (including phenoxy) is 1. The Morgan fingerprint density at radius 3 is 2.71 bits per heavy atom. The van der Waals surface area contributed by atoms with Crippen LogP contribution >= 0.6 is 23.1 Å². The number of nitrogens with zero attached hydrogens (tertiary/aromatic N) is 3. The van der Waals surface area contributed by atoms with Crippen LogP contribution in [0.4, 0.5) is 5.82 Å². The lowest BCUT2D eigenvalue weighted by Gasteiger charge is -2.33. The Kier molecular flexibility index (Phi) is 4.25. The van der Waals surface area contributed by atoms with Crippen LogP contribution in [0.25, 0.3) is 10.2 Å². The van der Waals surface area contributed by atoms with Gasteiger partial charge in [0.1, 0.15) is 10.6 Å². The zero-order valence-electron chi connectivity index (χ0n) is 14.9. The van der Waals surface area contributed by atoms with Crippen LogP contribution in [0.1, 0.15) is 44.1 Å². The summed E-state index contributed by atoms with van der Waals surface area (Å²) in [5.74, 6) is 1.98. The fourth-order valence-electron chi connectivity index (χ4n) is 3.65. The van der Waals surface area contributed by atoms with Crippen molar-refractivity contribution in [2.24, 2.45) is 5.92 Å². The van der Waals surface area contributed by atoms with Crippen LogP contribution in [0.2, 0.25) is 0 Å². The average molecular weight is 364 g/mol. The van der Waals surface area contributed by atoms with E-state index in [4.69, 9.17) is 14.7 Å². The van der Waals surface area contributed by atoms with Crippen LogP contribution in [-0.2, 0) is 17.8 Å². The molecular weight excluding hydrogens is 338 g/mol. The molecule has 0 N–H and O–H groups in total. The quantitative estimate of drug-likeness (QED) is 0.580. The summed E-state index contributed by atoms with van der Waals surface area (Å²) >= 11 is 3.43. The molecule has 0 spiro atoms. The van der Waals surface area contributed by atoms with E-state index in [0.717, 1.165) is 41.2 Å². The van der Waals surface area contributed by atoms with Gasteiger partial charge in [-0.25, -0.2) is 9.97 Å². The van der Waals surface area contributed by atoms with Crippen molar-refractivity contribution in [1.29, 1.82) is 0 Å². The van der Waals surface area contributed by atoms with E-state index in [1.807, 2.05) is 0 Å². The second-order valence-corrected chi connectivity index (χ2v) is 9.47. The van der Waals surface area contributed by atoms with Gasteiger partial charge in [-0.1, -0.05) is 18.7 Å². The van der Waals surface area contributed by atoms with E-state index in [9.17, 15) is 0 Å². The molecule has 4 nitrogen and oxygen atoms in total. The number of anilines is 1. The van der Waals surface area contributed by atoms with Crippen molar-refractivity contribution in [2.75, 3.05) is 24.2 Å². The van der Waals surface area contributed by atoms with Gasteiger partial charge in [-0.15, -0.1) is 11.3 Å². The molecule has 0 aliphatic carbocycles. The molecule has 2 aliphatic heterocycles. The molecule has 2 aromatic heterocycles. The average Bonchev–Trinajstić information content (AvgIpc) is 2.91. The van der Waals surface area contributed by atoms with Gasteiger partial charge < -0.3 is 9.64 Å². The van der Waals surface area contributed by atoms with Gasteiger partial charge >= 0.3 is 0 Å². The number of fused-ring (bicyclic) bond motifs is 3. The van der Waals surface area contributed by atoms with Crippen LogP contribution in [0.3, 0.4) is 0 Å². The van der Waals surface area contributed by atoms with Crippen molar-refractivity contribution in [3.63, 3.8) is 0 Å². The highest BCUT2D eigenvalue weighted by Gasteiger charge is 2.32. The molecule has 2 aromatic rings. The molecule has 0 atom stereocenters. The van der Waals surface area contributed by atoms with Crippen molar-refractivity contribution in [1.82, 2.24) is 9.97 Å². The van der Waals surface area contributed by atoms with Crippen LogP contribution in [-0.4, -0.2) is 34.9 Å². The summed E-state index contributed by atoms with van der Waals surface area (Å²) in [6, 6.07) is 0. The number of thiophene rings is 1. The Morgan fingerprint density at radius 2 is 2.00 bits per heavy atom. The van der Waals surface area contributed by atoms with Gasteiger partial charge in [-0.05, 0) is 44.4 Å². The first-order valence-corrected chi connectivity index (χ1v) is 10.8. The van der Waals surface area contributed by atoms with E-state index in [-0.39, 0.29) is 5.60 Å². The maximum atomic E-state index is 6.02. The van der Waals surface area contributed by atoms with Crippen molar-refractivity contribution in [3.8, 4) is 0 Å². The summed E-state index contributed by atoms with van der Waals surface area (Å²) in [5.41, 5.74) is 1.32. The third-order valence-corrected chi connectivity index (χ3v) is 6.80. The van der Waals surface area contributed by atoms with Crippen molar-refractivity contribution < 1.29 is 4.74 Å². The Bertz CT molecular complexity index is 763. The monoisotopic (exact) mass is 363 g/mol. The molecule has 0 aromatic carbocycles. The zero-order chi connectivity index (χ0) is 16.9. The molecule has 0 amide bonds. The third-order valence-electron chi connectivity index (χ3n) is 5.16. The van der Waals surface area contributed by atoms with Gasteiger partial charge in [0.15, 0.2) is 5.16 Å². The van der Waals surface area contributed by atoms with E-state index in [1.54, 1.807) is 23.1 Å². The molecule has 1 saturated heterocycles. The molecule has 6 heteroatoms. The lowest BCUT2D eigenvalue weighted by atomic mass is 9.93. The highest BCUT2D eigenvalue weighted by molar-refractivity contribution is 7.98. The number of thioether (sulfide) groups is 1. The predicted molar refractivity (Wildman–Crippen MR) is 102 cm³/mol. The predicted octanol–water partition coefficient (Wildman–Crippen LogP) is 4.50. The molecule has 1 fully saturated rings. The highest BCUT2D eigenvalue weighted by atomic mass is 32.2. The molecular formula is C18H25N3OS2. The van der Waals surface area contributed by atoms with Gasteiger partial charge in [-0.3, -0.25) is 0 Å². The number of hydrogen-bond donors (Lipinski definition) is 0. The molecule has 24 heavy (non-hydrogen) atoms. The van der Waals surface area contributed by atoms with Crippen LogP contribution in [0, 0.1) is 5.92 Å². The van der Waals surface area contributed by atoms with Gasteiger partial charge in [0.2, 0.25) is 0 Å². The lowest BCUT2D eigenvalue weighted by molar-refractivity contribution is -0.0379. The largest absolute Gasteiger partial charge is 0.370 e. The van der Waals surface area contributed by atoms with E-state index >= 15 is 0 Å². The fraction of sp³-hybridized carbons (Fsp3) is 0.667. The van der Waals surface area contributed by atoms with E-state index in [0.29, 0.717) is 6.61 Å². The summed E-state index contributed by atoms with van der Waals surface area (Å²) in [7, 11) is 0. The topological polar surface area (TPSA) is 38.2 Å². The van der Waals surface area contributed by atoms with Crippen molar-refractivity contribution in [3.05, 3.63) is 10.4 Å². The molecule has 0 saturated carbocycles. The zero-order valence-corrected chi connectivity index (χ0v) is 16.5. The summed E-state index contributed by atoms with van der Waals surface area (Å²) in [6.45, 7) is 9.62. The molecule has 4 rings (SSSR count). The Balaban J connectivity index is 1.86. The molecule has 4 heterocycles. The van der Waals surface area contributed by atoms with Gasteiger partial charge in [-0.2, -0.15) is 0 Å². The minimum absolute atomic E-state index is 0.104. The summed E-state index contributed by atoms with van der Waals surface area (Å²) in [6.07, 6.45) is 5.51. The number of aromatic nitrogens is 2. The lowest BCUT2D eigenvalue weighted by Crippen LogP contribution is -2.34. The fourth-order valence-corrected chi connectivity index (χ4v) is 5.16. The SMILES string of the molecule is CSc1nc(N2CCC(C)CC2)c2c3c(sc2n1)COC(C)(C)C3. The van der Waals surface area contributed by atoms with Crippen molar-refractivity contribution in [2.45, 2.75) is 57.4 Å². The highest BCUT2D eigenvalue weighted by Crippen LogP contribution is 2.42. The number of rotatable bonds is 2.